The molecule has 1 aromatic carbocycles. The Morgan fingerprint density at radius 2 is 1.87 bits per heavy atom. The van der Waals surface area contributed by atoms with Crippen LogP contribution in [-0.4, -0.2) is 20.2 Å². The summed E-state index contributed by atoms with van der Waals surface area (Å²) in [6, 6.07) is 9.64. The van der Waals surface area contributed by atoms with Gasteiger partial charge in [0, 0.05) is 7.11 Å². The van der Waals surface area contributed by atoms with Gasteiger partial charge in [0.15, 0.2) is 0 Å². The SMILES string of the molecule is COC(=O)CC(C)(OC)c1ccccc1. The van der Waals surface area contributed by atoms with Gasteiger partial charge in [-0.05, 0) is 12.5 Å². The molecule has 1 rings (SSSR count). The zero-order valence-electron chi connectivity index (χ0n) is 9.32. The third kappa shape index (κ3) is 2.80. The van der Waals surface area contributed by atoms with Crippen LogP contribution >= 0.6 is 0 Å². The van der Waals surface area contributed by atoms with Crippen molar-refractivity contribution in [3.8, 4) is 0 Å². The van der Waals surface area contributed by atoms with Gasteiger partial charge in [-0.3, -0.25) is 4.79 Å². The van der Waals surface area contributed by atoms with Crippen molar-refractivity contribution in [2.45, 2.75) is 18.9 Å². The summed E-state index contributed by atoms with van der Waals surface area (Å²) in [5.41, 5.74) is 0.354. The maximum atomic E-state index is 11.3. The first-order chi connectivity index (χ1) is 7.12. The predicted octanol–water partition coefficient (Wildman–Crippen LogP) is 2.11. The monoisotopic (exact) mass is 208 g/mol. The van der Waals surface area contributed by atoms with E-state index in [-0.39, 0.29) is 12.4 Å². The van der Waals surface area contributed by atoms with E-state index in [1.165, 1.54) is 7.11 Å². The van der Waals surface area contributed by atoms with Crippen molar-refractivity contribution in [1.82, 2.24) is 0 Å². The molecule has 3 heteroatoms. The summed E-state index contributed by atoms with van der Waals surface area (Å²) >= 11 is 0. The highest BCUT2D eigenvalue weighted by Gasteiger charge is 2.29. The lowest BCUT2D eigenvalue weighted by Crippen LogP contribution is -2.28. The molecule has 0 amide bonds. The summed E-state index contributed by atoms with van der Waals surface area (Å²) in [5.74, 6) is -0.275. The molecular formula is C12H16O3. The Kier molecular flexibility index (Phi) is 3.86. The van der Waals surface area contributed by atoms with E-state index >= 15 is 0 Å². The first-order valence-electron chi connectivity index (χ1n) is 4.80. The van der Waals surface area contributed by atoms with Crippen molar-refractivity contribution >= 4 is 5.97 Å². The molecule has 1 atom stereocenters. The van der Waals surface area contributed by atoms with Gasteiger partial charge in [-0.2, -0.15) is 0 Å². The van der Waals surface area contributed by atoms with Gasteiger partial charge >= 0.3 is 5.97 Å². The predicted molar refractivity (Wildman–Crippen MR) is 57.4 cm³/mol. The van der Waals surface area contributed by atoms with Gasteiger partial charge in [-0.15, -0.1) is 0 Å². The normalized spacial score (nSPS) is 14.3. The molecule has 0 radical (unpaired) electrons. The largest absolute Gasteiger partial charge is 0.469 e. The van der Waals surface area contributed by atoms with E-state index in [0.717, 1.165) is 5.56 Å². The molecular weight excluding hydrogens is 192 g/mol. The fraction of sp³-hybridized carbons (Fsp3) is 0.417. The lowest BCUT2D eigenvalue weighted by molar-refractivity contribution is -0.147. The summed E-state index contributed by atoms with van der Waals surface area (Å²) < 4.78 is 10.0. The van der Waals surface area contributed by atoms with Crippen LogP contribution in [0.5, 0.6) is 0 Å². The molecule has 0 bridgehead atoms. The van der Waals surface area contributed by atoms with Gasteiger partial charge in [0.1, 0.15) is 5.60 Å². The van der Waals surface area contributed by atoms with Crippen molar-refractivity contribution in [2.24, 2.45) is 0 Å². The molecule has 3 nitrogen and oxygen atoms in total. The van der Waals surface area contributed by atoms with Gasteiger partial charge in [0.2, 0.25) is 0 Å². The highest BCUT2D eigenvalue weighted by molar-refractivity contribution is 5.70. The van der Waals surface area contributed by atoms with Crippen LogP contribution in [0.25, 0.3) is 0 Å². The van der Waals surface area contributed by atoms with Crippen LogP contribution in [-0.2, 0) is 19.9 Å². The first kappa shape index (κ1) is 11.7. The van der Waals surface area contributed by atoms with Crippen LogP contribution in [0.1, 0.15) is 18.9 Å². The molecule has 0 aliphatic carbocycles. The average molecular weight is 208 g/mol. The highest BCUT2D eigenvalue weighted by atomic mass is 16.5. The van der Waals surface area contributed by atoms with Crippen LogP contribution in [0.4, 0.5) is 0 Å². The minimum Gasteiger partial charge on any atom is -0.469 e. The van der Waals surface area contributed by atoms with Crippen LogP contribution < -0.4 is 0 Å². The smallest absolute Gasteiger partial charge is 0.308 e. The summed E-state index contributed by atoms with van der Waals surface area (Å²) in [6.07, 6.45) is 0.212. The number of esters is 1. The number of ether oxygens (including phenoxy) is 2. The topological polar surface area (TPSA) is 35.5 Å². The molecule has 15 heavy (non-hydrogen) atoms. The number of rotatable bonds is 4. The Labute approximate surface area is 90.0 Å². The van der Waals surface area contributed by atoms with Crippen molar-refractivity contribution in [3.63, 3.8) is 0 Å². The van der Waals surface area contributed by atoms with Crippen molar-refractivity contribution in [1.29, 1.82) is 0 Å². The van der Waals surface area contributed by atoms with E-state index in [0.29, 0.717) is 0 Å². The third-order valence-electron chi connectivity index (χ3n) is 2.54. The van der Waals surface area contributed by atoms with Crippen LogP contribution in [0.3, 0.4) is 0 Å². The quantitative estimate of drug-likeness (QED) is 0.711. The van der Waals surface area contributed by atoms with E-state index in [1.807, 2.05) is 37.3 Å². The fourth-order valence-corrected chi connectivity index (χ4v) is 1.43. The number of carbonyl (C=O) groups excluding carboxylic acids is 1. The van der Waals surface area contributed by atoms with E-state index < -0.39 is 5.60 Å². The zero-order chi connectivity index (χ0) is 11.3. The minimum absolute atomic E-state index is 0.212. The molecule has 0 aromatic heterocycles. The lowest BCUT2D eigenvalue weighted by atomic mass is 9.92. The Morgan fingerprint density at radius 1 is 1.27 bits per heavy atom. The van der Waals surface area contributed by atoms with Crippen LogP contribution in [0.15, 0.2) is 30.3 Å². The Bertz CT molecular complexity index is 321. The second-order valence-electron chi connectivity index (χ2n) is 3.55. The number of carbonyl (C=O) groups is 1. The van der Waals surface area contributed by atoms with Crippen molar-refractivity contribution in [2.75, 3.05) is 14.2 Å². The molecule has 82 valence electrons. The van der Waals surface area contributed by atoms with E-state index in [9.17, 15) is 4.79 Å². The highest BCUT2D eigenvalue weighted by Crippen LogP contribution is 2.28. The summed E-state index contributed by atoms with van der Waals surface area (Å²) in [4.78, 5) is 11.3. The zero-order valence-corrected chi connectivity index (χ0v) is 9.32. The van der Waals surface area contributed by atoms with Gasteiger partial charge in [0.25, 0.3) is 0 Å². The number of hydrogen-bond donors (Lipinski definition) is 0. The molecule has 1 unspecified atom stereocenters. The van der Waals surface area contributed by atoms with E-state index in [1.54, 1.807) is 7.11 Å². The minimum atomic E-state index is -0.617. The van der Waals surface area contributed by atoms with Crippen LogP contribution in [0.2, 0.25) is 0 Å². The third-order valence-corrected chi connectivity index (χ3v) is 2.54. The molecule has 0 aliphatic heterocycles. The van der Waals surface area contributed by atoms with Gasteiger partial charge < -0.3 is 9.47 Å². The van der Waals surface area contributed by atoms with E-state index in [4.69, 9.17) is 4.74 Å². The average Bonchev–Trinajstić information content (AvgIpc) is 2.30. The molecule has 0 N–H and O–H groups in total. The Hall–Kier alpha value is -1.35. The number of methoxy groups -OCH3 is 2. The Morgan fingerprint density at radius 3 is 2.33 bits per heavy atom. The molecule has 0 saturated carbocycles. The standard InChI is InChI=1S/C12H16O3/c1-12(15-3,9-11(13)14-2)10-7-5-4-6-8-10/h4-8H,9H2,1-3H3. The fourth-order valence-electron chi connectivity index (χ4n) is 1.43. The lowest BCUT2D eigenvalue weighted by Gasteiger charge is -2.27. The first-order valence-corrected chi connectivity index (χ1v) is 4.80. The van der Waals surface area contributed by atoms with Gasteiger partial charge in [-0.1, -0.05) is 30.3 Å². The maximum absolute atomic E-state index is 11.3. The van der Waals surface area contributed by atoms with E-state index in [2.05, 4.69) is 4.74 Å². The van der Waals surface area contributed by atoms with Gasteiger partial charge in [0.05, 0.1) is 13.5 Å². The second-order valence-corrected chi connectivity index (χ2v) is 3.55. The molecule has 0 saturated heterocycles. The number of hydrogen-bond acceptors (Lipinski definition) is 3. The van der Waals surface area contributed by atoms with Gasteiger partial charge in [-0.25, -0.2) is 0 Å². The molecule has 1 aromatic rings. The molecule has 0 aliphatic rings. The summed E-state index contributed by atoms with van der Waals surface area (Å²) in [7, 11) is 2.97. The Balaban J connectivity index is 2.90. The summed E-state index contributed by atoms with van der Waals surface area (Å²) in [5, 5.41) is 0. The van der Waals surface area contributed by atoms with Crippen molar-refractivity contribution in [3.05, 3.63) is 35.9 Å². The summed E-state index contributed by atoms with van der Waals surface area (Å²) in [6.45, 7) is 1.87. The number of benzene rings is 1. The molecule has 0 spiro atoms. The van der Waals surface area contributed by atoms with Crippen LogP contribution in [0, 0.1) is 0 Å². The molecule has 0 heterocycles. The molecule has 0 fully saturated rings. The van der Waals surface area contributed by atoms with Crippen molar-refractivity contribution < 1.29 is 14.3 Å². The second kappa shape index (κ2) is 4.94. The maximum Gasteiger partial charge on any atom is 0.308 e.